The molecule has 1 saturated heterocycles. The second-order valence-electron chi connectivity index (χ2n) is 7.93. The highest BCUT2D eigenvalue weighted by atomic mass is 16.2. The van der Waals surface area contributed by atoms with E-state index in [9.17, 15) is 9.59 Å². The van der Waals surface area contributed by atoms with Gasteiger partial charge in [-0.15, -0.1) is 0 Å². The topological polar surface area (TPSA) is 81.0 Å². The lowest BCUT2D eigenvalue weighted by atomic mass is 10.1. The van der Waals surface area contributed by atoms with Crippen molar-refractivity contribution in [2.45, 2.75) is 39.2 Å². The lowest BCUT2D eigenvalue weighted by molar-refractivity contribution is -0.122. The molecular formula is C23H27N5O2. The van der Waals surface area contributed by atoms with Crippen molar-refractivity contribution in [3.05, 3.63) is 59.4 Å². The fraction of sp³-hybridized carbons (Fsp3) is 0.348. The van der Waals surface area contributed by atoms with Gasteiger partial charge in [0.1, 0.15) is 17.4 Å². The fourth-order valence-corrected chi connectivity index (χ4v) is 3.93. The number of hydrogen-bond donors (Lipinski definition) is 2. The average molecular weight is 406 g/mol. The van der Waals surface area contributed by atoms with E-state index in [0.717, 1.165) is 35.3 Å². The first-order valence-electron chi connectivity index (χ1n) is 10.3. The van der Waals surface area contributed by atoms with Crippen LogP contribution in [0.15, 0.2) is 42.6 Å². The summed E-state index contributed by atoms with van der Waals surface area (Å²) < 4.78 is 3.65. The van der Waals surface area contributed by atoms with Gasteiger partial charge < -0.3 is 15.2 Å². The van der Waals surface area contributed by atoms with E-state index in [1.54, 1.807) is 10.7 Å². The van der Waals surface area contributed by atoms with Gasteiger partial charge in [0.15, 0.2) is 0 Å². The lowest BCUT2D eigenvalue weighted by Crippen LogP contribution is -2.45. The van der Waals surface area contributed by atoms with Gasteiger partial charge in [-0.2, -0.15) is 5.10 Å². The van der Waals surface area contributed by atoms with Crippen LogP contribution >= 0.6 is 0 Å². The van der Waals surface area contributed by atoms with Crippen molar-refractivity contribution in [2.75, 3.05) is 6.54 Å². The monoisotopic (exact) mass is 405 g/mol. The van der Waals surface area contributed by atoms with Gasteiger partial charge in [-0.25, -0.2) is 4.68 Å². The fourth-order valence-electron chi connectivity index (χ4n) is 3.93. The summed E-state index contributed by atoms with van der Waals surface area (Å²) in [6.07, 6.45) is 4.41. The first kappa shape index (κ1) is 19.9. The zero-order chi connectivity index (χ0) is 21.3. The van der Waals surface area contributed by atoms with Crippen LogP contribution in [0.4, 0.5) is 0 Å². The molecule has 0 radical (unpaired) electrons. The number of aromatic nitrogens is 3. The molecule has 0 spiro atoms. The Hall–Kier alpha value is -3.35. The number of carbonyl (C=O) groups is 2. The van der Waals surface area contributed by atoms with Crippen LogP contribution in [0.3, 0.4) is 0 Å². The molecule has 4 rings (SSSR count). The standard InChI is InChI=1S/C23H27N5O2/c1-15-9-10-19(16(2)13-15)28-21(14-18(26-28)20-8-6-12-27(20)3)23(30)25-17-7-4-5-11-24-22(17)29/h6,8-10,12-14,17H,4-5,7,11H2,1-3H3,(H,24,29)(H,25,30)/t17-/m0/s1. The molecule has 156 valence electrons. The number of hydrogen-bond acceptors (Lipinski definition) is 3. The molecule has 1 aliphatic heterocycles. The van der Waals surface area contributed by atoms with Gasteiger partial charge >= 0.3 is 0 Å². The van der Waals surface area contributed by atoms with Crippen molar-refractivity contribution >= 4 is 11.8 Å². The number of amides is 2. The van der Waals surface area contributed by atoms with Gasteiger partial charge in [0.05, 0.1) is 11.4 Å². The highest BCUT2D eigenvalue weighted by molar-refractivity contribution is 5.97. The number of aryl methyl sites for hydroxylation is 3. The van der Waals surface area contributed by atoms with Gasteiger partial charge in [-0.05, 0) is 62.9 Å². The Kier molecular flexibility index (Phi) is 5.44. The summed E-state index contributed by atoms with van der Waals surface area (Å²) in [5.41, 5.74) is 5.05. The molecule has 0 aliphatic carbocycles. The van der Waals surface area contributed by atoms with Crippen LogP contribution in [0.5, 0.6) is 0 Å². The maximum absolute atomic E-state index is 13.3. The number of benzene rings is 1. The molecule has 0 saturated carbocycles. The molecule has 2 aromatic heterocycles. The normalized spacial score (nSPS) is 16.8. The number of carbonyl (C=O) groups excluding carboxylic acids is 2. The highest BCUT2D eigenvalue weighted by Crippen LogP contribution is 2.24. The predicted molar refractivity (Wildman–Crippen MR) is 116 cm³/mol. The summed E-state index contributed by atoms with van der Waals surface area (Å²) in [5.74, 6) is -0.425. The Morgan fingerprint density at radius 3 is 2.77 bits per heavy atom. The van der Waals surface area contributed by atoms with Crippen LogP contribution in [0, 0.1) is 13.8 Å². The second-order valence-corrected chi connectivity index (χ2v) is 7.93. The van der Waals surface area contributed by atoms with E-state index >= 15 is 0 Å². The molecule has 0 bridgehead atoms. The zero-order valence-electron chi connectivity index (χ0n) is 17.6. The lowest BCUT2D eigenvalue weighted by Gasteiger charge is -2.16. The summed E-state index contributed by atoms with van der Waals surface area (Å²) >= 11 is 0. The van der Waals surface area contributed by atoms with Crippen LogP contribution in [-0.4, -0.2) is 38.7 Å². The first-order chi connectivity index (χ1) is 14.4. The molecule has 7 heteroatoms. The van der Waals surface area contributed by atoms with E-state index in [1.807, 2.05) is 55.9 Å². The van der Waals surface area contributed by atoms with Gasteiger partial charge in [0, 0.05) is 19.8 Å². The Balaban J connectivity index is 1.75. The van der Waals surface area contributed by atoms with Crippen LogP contribution < -0.4 is 10.6 Å². The second kappa shape index (κ2) is 8.18. The maximum Gasteiger partial charge on any atom is 0.270 e. The van der Waals surface area contributed by atoms with Gasteiger partial charge in [-0.1, -0.05) is 17.7 Å². The van der Waals surface area contributed by atoms with Crippen molar-refractivity contribution in [1.82, 2.24) is 25.0 Å². The minimum absolute atomic E-state index is 0.124. The van der Waals surface area contributed by atoms with E-state index in [0.29, 0.717) is 24.4 Å². The van der Waals surface area contributed by atoms with E-state index in [2.05, 4.69) is 16.7 Å². The molecule has 0 unspecified atom stereocenters. The summed E-state index contributed by atoms with van der Waals surface area (Å²) in [7, 11) is 1.95. The molecule has 7 nitrogen and oxygen atoms in total. The number of nitrogens with one attached hydrogen (secondary N) is 2. The molecule has 1 fully saturated rings. The average Bonchev–Trinajstić information content (AvgIpc) is 3.27. The van der Waals surface area contributed by atoms with Crippen molar-refractivity contribution in [3.63, 3.8) is 0 Å². The molecular weight excluding hydrogens is 378 g/mol. The maximum atomic E-state index is 13.3. The highest BCUT2D eigenvalue weighted by Gasteiger charge is 2.26. The van der Waals surface area contributed by atoms with Crippen molar-refractivity contribution in [1.29, 1.82) is 0 Å². The van der Waals surface area contributed by atoms with Crippen LogP contribution in [0.25, 0.3) is 17.1 Å². The molecule has 30 heavy (non-hydrogen) atoms. The molecule has 3 heterocycles. The molecule has 3 aromatic rings. The van der Waals surface area contributed by atoms with E-state index in [1.165, 1.54) is 0 Å². The Labute approximate surface area is 176 Å². The number of nitrogens with zero attached hydrogens (tertiary/aromatic N) is 3. The van der Waals surface area contributed by atoms with Crippen molar-refractivity contribution in [3.8, 4) is 17.1 Å². The summed E-state index contributed by atoms with van der Waals surface area (Å²) in [5, 5.41) is 10.5. The van der Waals surface area contributed by atoms with Gasteiger partial charge in [0.2, 0.25) is 5.91 Å². The quantitative estimate of drug-likeness (QED) is 0.700. The van der Waals surface area contributed by atoms with E-state index in [-0.39, 0.29) is 11.8 Å². The Morgan fingerprint density at radius 2 is 2.03 bits per heavy atom. The molecule has 1 aliphatic rings. The predicted octanol–water partition coefficient (Wildman–Crippen LogP) is 2.89. The third-order valence-corrected chi connectivity index (χ3v) is 5.57. The van der Waals surface area contributed by atoms with E-state index < -0.39 is 6.04 Å². The smallest absolute Gasteiger partial charge is 0.270 e. The van der Waals surface area contributed by atoms with Crippen LogP contribution in [0.2, 0.25) is 0 Å². The minimum Gasteiger partial charge on any atom is -0.354 e. The molecule has 1 atom stereocenters. The van der Waals surface area contributed by atoms with Crippen LogP contribution in [0.1, 0.15) is 40.9 Å². The third-order valence-electron chi connectivity index (χ3n) is 5.57. The largest absolute Gasteiger partial charge is 0.354 e. The molecule has 2 amide bonds. The summed E-state index contributed by atoms with van der Waals surface area (Å²) in [6, 6.07) is 11.2. The Morgan fingerprint density at radius 1 is 1.20 bits per heavy atom. The third kappa shape index (κ3) is 3.87. The first-order valence-corrected chi connectivity index (χ1v) is 10.3. The molecule has 2 N–H and O–H groups in total. The molecule has 1 aromatic carbocycles. The summed E-state index contributed by atoms with van der Waals surface area (Å²) in [4.78, 5) is 25.6. The Bertz CT molecular complexity index is 1090. The zero-order valence-corrected chi connectivity index (χ0v) is 17.6. The van der Waals surface area contributed by atoms with Crippen molar-refractivity contribution < 1.29 is 9.59 Å². The number of rotatable bonds is 4. The minimum atomic E-state index is -0.527. The van der Waals surface area contributed by atoms with E-state index in [4.69, 9.17) is 5.10 Å². The van der Waals surface area contributed by atoms with Crippen LogP contribution in [-0.2, 0) is 11.8 Å². The SMILES string of the molecule is Cc1ccc(-n2nc(-c3cccn3C)cc2C(=O)N[C@H]2CCCCNC2=O)c(C)c1. The van der Waals surface area contributed by atoms with Crippen molar-refractivity contribution in [2.24, 2.45) is 7.05 Å². The summed E-state index contributed by atoms with van der Waals surface area (Å²) in [6.45, 7) is 4.70. The van der Waals surface area contributed by atoms with Gasteiger partial charge in [-0.3, -0.25) is 9.59 Å². The van der Waals surface area contributed by atoms with Gasteiger partial charge in [0.25, 0.3) is 5.91 Å².